The average Bonchev–Trinajstić information content (AvgIpc) is 3.17. The van der Waals surface area contributed by atoms with Crippen LogP contribution in [0.25, 0.3) is 11.1 Å². The number of aromatic nitrogens is 4. The predicted molar refractivity (Wildman–Crippen MR) is 134 cm³/mol. The number of halogens is 1. The maximum absolute atomic E-state index is 12.9. The van der Waals surface area contributed by atoms with Crippen LogP contribution in [-0.4, -0.2) is 33.0 Å². The molecule has 0 saturated heterocycles. The van der Waals surface area contributed by atoms with Crippen LogP contribution in [0.15, 0.2) is 48.8 Å². The standard InChI is InChI=1S/C26H23ClN6O3/c1-15-10-24(36-23-7-5-6-18(20(23)12-28)17-8-9-30-31-13-17)22(27)11-19(15)25(34)29-14-21-16(2)33(3)32-26(21)35-4/h5-11,13H,14H2,1-4H3,(H,29,34). The zero-order valence-corrected chi connectivity index (χ0v) is 20.9. The lowest BCUT2D eigenvalue weighted by Gasteiger charge is -2.14. The highest BCUT2D eigenvalue weighted by Crippen LogP contribution is 2.36. The highest BCUT2D eigenvalue weighted by molar-refractivity contribution is 6.32. The molecule has 0 fully saturated rings. The van der Waals surface area contributed by atoms with Gasteiger partial charge in [0, 0.05) is 29.4 Å². The van der Waals surface area contributed by atoms with Crippen molar-refractivity contribution in [3.8, 4) is 34.6 Å². The van der Waals surface area contributed by atoms with E-state index in [-0.39, 0.29) is 17.5 Å². The first kappa shape index (κ1) is 24.7. The van der Waals surface area contributed by atoms with Crippen molar-refractivity contribution in [2.45, 2.75) is 20.4 Å². The average molecular weight is 503 g/mol. The molecule has 0 saturated carbocycles. The van der Waals surface area contributed by atoms with Crippen molar-refractivity contribution >= 4 is 17.5 Å². The van der Waals surface area contributed by atoms with E-state index in [0.29, 0.717) is 39.6 Å². The largest absolute Gasteiger partial charge is 0.480 e. The molecule has 9 nitrogen and oxygen atoms in total. The van der Waals surface area contributed by atoms with Gasteiger partial charge in [0.25, 0.3) is 5.91 Å². The van der Waals surface area contributed by atoms with Crippen molar-refractivity contribution in [1.29, 1.82) is 5.26 Å². The molecule has 0 atom stereocenters. The van der Waals surface area contributed by atoms with Gasteiger partial charge in [0.05, 0.1) is 36.6 Å². The molecule has 0 radical (unpaired) electrons. The second-order valence-corrected chi connectivity index (χ2v) is 8.41. The Balaban J connectivity index is 1.57. The van der Waals surface area contributed by atoms with Gasteiger partial charge in [-0.3, -0.25) is 9.48 Å². The van der Waals surface area contributed by atoms with E-state index in [1.807, 2.05) is 20.0 Å². The molecule has 0 aliphatic rings. The van der Waals surface area contributed by atoms with Gasteiger partial charge < -0.3 is 14.8 Å². The van der Waals surface area contributed by atoms with E-state index in [0.717, 1.165) is 16.8 Å². The number of nitrogens with zero attached hydrogens (tertiary/aromatic N) is 5. The van der Waals surface area contributed by atoms with Gasteiger partial charge in [-0.2, -0.15) is 15.5 Å². The van der Waals surface area contributed by atoms with Crippen molar-refractivity contribution < 1.29 is 14.3 Å². The molecule has 1 amide bonds. The third kappa shape index (κ3) is 4.85. The van der Waals surface area contributed by atoms with E-state index in [1.165, 1.54) is 7.11 Å². The maximum atomic E-state index is 12.9. The molecular weight excluding hydrogens is 480 g/mol. The number of hydrogen-bond donors (Lipinski definition) is 1. The minimum Gasteiger partial charge on any atom is -0.480 e. The summed E-state index contributed by atoms with van der Waals surface area (Å²) in [5.41, 5.74) is 4.49. The fourth-order valence-electron chi connectivity index (χ4n) is 3.77. The predicted octanol–water partition coefficient (Wildman–Crippen LogP) is 4.75. The molecule has 1 N–H and O–H groups in total. The third-order valence-electron chi connectivity index (χ3n) is 5.82. The monoisotopic (exact) mass is 502 g/mol. The number of benzene rings is 2. The van der Waals surface area contributed by atoms with Crippen LogP contribution < -0.4 is 14.8 Å². The SMILES string of the molecule is COc1nn(C)c(C)c1CNC(=O)c1cc(Cl)c(Oc2cccc(-c3ccnnc3)c2C#N)cc1C. The first-order valence-corrected chi connectivity index (χ1v) is 11.3. The van der Waals surface area contributed by atoms with Crippen molar-refractivity contribution in [2.24, 2.45) is 7.05 Å². The molecule has 0 aliphatic carbocycles. The highest BCUT2D eigenvalue weighted by Gasteiger charge is 2.19. The Morgan fingerprint density at radius 2 is 2.00 bits per heavy atom. The number of carbonyl (C=O) groups excluding carboxylic acids is 1. The van der Waals surface area contributed by atoms with Crippen LogP contribution in [0.5, 0.6) is 17.4 Å². The number of rotatable bonds is 7. The minimum absolute atomic E-state index is 0.237. The number of carbonyl (C=O) groups is 1. The Hall–Kier alpha value is -4.42. The molecule has 0 bridgehead atoms. The first-order valence-electron chi connectivity index (χ1n) is 11.0. The van der Waals surface area contributed by atoms with E-state index in [2.05, 4.69) is 26.7 Å². The summed E-state index contributed by atoms with van der Waals surface area (Å²) >= 11 is 6.50. The third-order valence-corrected chi connectivity index (χ3v) is 6.11. The molecule has 0 aliphatic heterocycles. The summed E-state index contributed by atoms with van der Waals surface area (Å²) in [5, 5.41) is 24.9. The van der Waals surface area contributed by atoms with Gasteiger partial charge in [-0.15, -0.1) is 5.10 Å². The Bertz CT molecular complexity index is 1480. The number of nitriles is 1. The molecule has 2 aromatic heterocycles. The lowest BCUT2D eigenvalue weighted by molar-refractivity contribution is 0.0950. The van der Waals surface area contributed by atoms with Gasteiger partial charge in [0.15, 0.2) is 0 Å². The molecule has 2 heterocycles. The van der Waals surface area contributed by atoms with E-state index in [9.17, 15) is 10.1 Å². The number of amides is 1. The number of ether oxygens (including phenoxy) is 2. The molecule has 0 spiro atoms. The van der Waals surface area contributed by atoms with Crippen LogP contribution in [-0.2, 0) is 13.6 Å². The highest BCUT2D eigenvalue weighted by atomic mass is 35.5. The van der Waals surface area contributed by atoms with Crippen LogP contribution in [0.4, 0.5) is 0 Å². The van der Waals surface area contributed by atoms with Crippen LogP contribution >= 0.6 is 11.6 Å². The molecule has 36 heavy (non-hydrogen) atoms. The second-order valence-electron chi connectivity index (χ2n) is 8.00. The number of nitrogens with one attached hydrogen (secondary N) is 1. The van der Waals surface area contributed by atoms with Gasteiger partial charge in [-0.1, -0.05) is 23.7 Å². The Morgan fingerprint density at radius 3 is 2.69 bits per heavy atom. The van der Waals surface area contributed by atoms with Gasteiger partial charge in [-0.25, -0.2) is 0 Å². The summed E-state index contributed by atoms with van der Waals surface area (Å²) < 4.78 is 13.0. The molecule has 2 aromatic carbocycles. The molecule has 4 aromatic rings. The minimum atomic E-state index is -0.295. The second kappa shape index (κ2) is 10.5. The Labute approximate surface area is 213 Å². The lowest BCUT2D eigenvalue weighted by Crippen LogP contribution is -2.24. The molecule has 182 valence electrons. The molecular formula is C26H23ClN6O3. The number of aryl methyl sites for hydroxylation is 2. The maximum Gasteiger partial charge on any atom is 0.251 e. The van der Waals surface area contributed by atoms with Gasteiger partial charge >= 0.3 is 0 Å². The first-order chi connectivity index (χ1) is 17.3. The van der Waals surface area contributed by atoms with Crippen LogP contribution in [0.2, 0.25) is 5.02 Å². The van der Waals surface area contributed by atoms with Crippen LogP contribution in [0.1, 0.15) is 32.7 Å². The van der Waals surface area contributed by atoms with Crippen molar-refractivity contribution in [2.75, 3.05) is 7.11 Å². The fourth-order valence-corrected chi connectivity index (χ4v) is 3.97. The lowest BCUT2D eigenvalue weighted by atomic mass is 10.0. The quantitative estimate of drug-likeness (QED) is 0.387. The van der Waals surface area contributed by atoms with E-state index < -0.39 is 0 Å². The fraction of sp³-hybridized carbons (Fsp3) is 0.192. The van der Waals surface area contributed by atoms with Gasteiger partial charge in [0.1, 0.15) is 23.1 Å². The van der Waals surface area contributed by atoms with Crippen molar-refractivity contribution in [3.63, 3.8) is 0 Å². The normalized spacial score (nSPS) is 10.6. The van der Waals surface area contributed by atoms with Crippen molar-refractivity contribution in [3.05, 3.63) is 81.8 Å². The van der Waals surface area contributed by atoms with Gasteiger partial charge in [0.2, 0.25) is 5.88 Å². The van der Waals surface area contributed by atoms with Crippen LogP contribution in [0, 0.1) is 25.2 Å². The topological polar surface area (TPSA) is 115 Å². The number of hydrogen-bond acceptors (Lipinski definition) is 7. The molecule has 4 rings (SSSR count). The summed E-state index contributed by atoms with van der Waals surface area (Å²) in [7, 11) is 3.35. The summed E-state index contributed by atoms with van der Waals surface area (Å²) in [6.07, 6.45) is 3.13. The van der Waals surface area contributed by atoms with Gasteiger partial charge in [-0.05, 0) is 43.7 Å². The van der Waals surface area contributed by atoms with E-state index in [1.54, 1.807) is 54.3 Å². The van der Waals surface area contributed by atoms with Crippen LogP contribution in [0.3, 0.4) is 0 Å². The summed E-state index contributed by atoms with van der Waals surface area (Å²) in [6.45, 7) is 3.94. The zero-order valence-electron chi connectivity index (χ0n) is 20.2. The van der Waals surface area contributed by atoms with E-state index >= 15 is 0 Å². The Morgan fingerprint density at radius 1 is 1.19 bits per heavy atom. The smallest absolute Gasteiger partial charge is 0.251 e. The molecule has 10 heteroatoms. The zero-order chi connectivity index (χ0) is 25.8. The van der Waals surface area contributed by atoms with E-state index in [4.69, 9.17) is 21.1 Å². The van der Waals surface area contributed by atoms with Crippen molar-refractivity contribution in [1.82, 2.24) is 25.3 Å². The Kier molecular flexibility index (Phi) is 7.17. The summed E-state index contributed by atoms with van der Waals surface area (Å²) in [4.78, 5) is 12.9. The number of methoxy groups -OCH3 is 1. The summed E-state index contributed by atoms with van der Waals surface area (Å²) in [6, 6.07) is 12.5. The molecule has 0 unspecified atom stereocenters. The summed E-state index contributed by atoms with van der Waals surface area (Å²) in [5.74, 6) is 0.837.